The van der Waals surface area contributed by atoms with Crippen LogP contribution < -0.4 is 0 Å². The van der Waals surface area contributed by atoms with Gasteiger partial charge in [-0.1, -0.05) is 0 Å². The lowest BCUT2D eigenvalue weighted by atomic mass is 10.2. The van der Waals surface area contributed by atoms with E-state index in [2.05, 4.69) is 0 Å². The first kappa shape index (κ1) is 16.2. The second-order valence-corrected chi connectivity index (χ2v) is 7.10. The van der Waals surface area contributed by atoms with Crippen LogP contribution >= 0.6 is 0 Å². The van der Waals surface area contributed by atoms with Crippen LogP contribution in [0.4, 0.5) is 4.79 Å². The fraction of sp³-hybridized carbons (Fsp3) is 0.909. The number of carbonyl (C=O) groups excluding carboxylic acids is 1. The number of nitrogens with zero attached hydrogens (tertiary/aromatic N) is 1. The maximum absolute atomic E-state index is 11.9. The molecule has 1 aliphatic heterocycles. The van der Waals surface area contributed by atoms with E-state index in [0.717, 1.165) is 6.26 Å². The van der Waals surface area contributed by atoms with Crippen molar-refractivity contribution in [2.24, 2.45) is 0 Å². The predicted octanol–water partition coefficient (Wildman–Crippen LogP) is 0.597. The Morgan fingerprint density at radius 1 is 1.21 bits per heavy atom. The van der Waals surface area contributed by atoms with Gasteiger partial charge in [-0.15, -0.1) is 0 Å². The third kappa shape index (κ3) is 5.33. The molecule has 0 bridgehead atoms. The number of amides is 1. The monoisotopic (exact) mass is 295 g/mol. The van der Waals surface area contributed by atoms with E-state index in [9.17, 15) is 13.2 Å². The van der Waals surface area contributed by atoms with Gasteiger partial charge in [0.05, 0.1) is 19.3 Å². The van der Waals surface area contributed by atoms with E-state index in [1.165, 1.54) is 12.0 Å². The fourth-order valence-electron chi connectivity index (χ4n) is 1.76. The van der Waals surface area contributed by atoms with E-state index >= 15 is 0 Å². The molecular formula is C11H21NO6S. The molecule has 1 aliphatic rings. The van der Waals surface area contributed by atoms with Crippen molar-refractivity contribution >= 4 is 16.2 Å². The van der Waals surface area contributed by atoms with Crippen LogP contribution in [0.15, 0.2) is 0 Å². The molecule has 0 unspecified atom stereocenters. The Morgan fingerprint density at radius 3 is 2.16 bits per heavy atom. The molecule has 1 rings (SSSR count). The van der Waals surface area contributed by atoms with Crippen LogP contribution in [0.25, 0.3) is 0 Å². The number of methoxy groups -OCH3 is 1. The average Bonchev–Trinajstić information content (AvgIpc) is 2.55. The molecule has 1 saturated heterocycles. The topological polar surface area (TPSA) is 82.1 Å². The van der Waals surface area contributed by atoms with Crippen molar-refractivity contribution in [2.75, 3.05) is 26.5 Å². The molecule has 1 heterocycles. The van der Waals surface area contributed by atoms with Gasteiger partial charge in [-0.2, -0.15) is 8.42 Å². The standard InChI is InChI=1S/C11H21NO6S/c1-11(2,3)17-10(13)12-6-8(16-4)9(7-12)18-19(5,14)15/h8-9H,6-7H2,1-5H3/t8-,9+/m0/s1. The summed E-state index contributed by atoms with van der Waals surface area (Å²) in [4.78, 5) is 13.3. The smallest absolute Gasteiger partial charge is 0.410 e. The number of ether oxygens (including phenoxy) is 2. The molecule has 112 valence electrons. The van der Waals surface area contributed by atoms with Crippen molar-refractivity contribution in [3.8, 4) is 0 Å². The van der Waals surface area contributed by atoms with Crippen molar-refractivity contribution in [3.63, 3.8) is 0 Å². The van der Waals surface area contributed by atoms with Crippen molar-refractivity contribution in [1.82, 2.24) is 4.90 Å². The van der Waals surface area contributed by atoms with Gasteiger partial charge in [-0.05, 0) is 20.8 Å². The van der Waals surface area contributed by atoms with Gasteiger partial charge >= 0.3 is 6.09 Å². The lowest BCUT2D eigenvalue weighted by Crippen LogP contribution is -2.36. The summed E-state index contributed by atoms with van der Waals surface area (Å²) in [5, 5.41) is 0. The van der Waals surface area contributed by atoms with Crippen molar-refractivity contribution < 1.29 is 26.9 Å². The zero-order valence-corrected chi connectivity index (χ0v) is 12.7. The van der Waals surface area contributed by atoms with Gasteiger partial charge in [0.25, 0.3) is 10.1 Å². The quantitative estimate of drug-likeness (QED) is 0.709. The molecule has 0 aromatic carbocycles. The summed E-state index contributed by atoms with van der Waals surface area (Å²) in [6.45, 7) is 5.66. The number of carbonyl (C=O) groups is 1. The van der Waals surface area contributed by atoms with Crippen LogP contribution in [-0.2, 0) is 23.8 Å². The van der Waals surface area contributed by atoms with Crippen LogP contribution in [0.1, 0.15) is 20.8 Å². The molecule has 0 aromatic rings. The van der Waals surface area contributed by atoms with Gasteiger partial charge in [0, 0.05) is 7.11 Å². The molecule has 8 heteroatoms. The van der Waals surface area contributed by atoms with Crippen LogP contribution in [0.3, 0.4) is 0 Å². The molecule has 0 spiro atoms. The van der Waals surface area contributed by atoms with Gasteiger partial charge in [-0.25, -0.2) is 4.79 Å². The highest BCUT2D eigenvalue weighted by molar-refractivity contribution is 7.86. The SMILES string of the molecule is CO[C@H]1CN(C(=O)OC(C)(C)C)C[C@H]1OS(C)(=O)=O. The molecular weight excluding hydrogens is 274 g/mol. The highest BCUT2D eigenvalue weighted by atomic mass is 32.2. The molecule has 0 N–H and O–H groups in total. The van der Waals surface area contributed by atoms with Gasteiger partial charge in [0.1, 0.15) is 17.8 Å². The Labute approximate surface area is 113 Å². The van der Waals surface area contributed by atoms with E-state index in [1.54, 1.807) is 20.8 Å². The van der Waals surface area contributed by atoms with Gasteiger partial charge in [0.15, 0.2) is 0 Å². The first-order valence-electron chi connectivity index (χ1n) is 5.91. The zero-order chi connectivity index (χ0) is 14.8. The Kier molecular flexibility index (Phi) is 4.81. The molecule has 0 aliphatic carbocycles. The third-order valence-electron chi connectivity index (χ3n) is 2.47. The minimum absolute atomic E-state index is 0.125. The Bertz CT molecular complexity index is 427. The average molecular weight is 295 g/mol. The first-order chi connectivity index (χ1) is 8.52. The summed E-state index contributed by atoms with van der Waals surface area (Å²) in [5.74, 6) is 0. The lowest BCUT2D eigenvalue weighted by Gasteiger charge is -2.24. The second kappa shape index (κ2) is 5.64. The molecule has 0 saturated carbocycles. The van der Waals surface area contributed by atoms with E-state index in [1.807, 2.05) is 0 Å². The van der Waals surface area contributed by atoms with Crippen LogP contribution in [0, 0.1) is 0 Å². The molecule has 1 fully saturated rings. The Balaban J connectivity index is 2.69. The van der Waals surface area contributed by atoms with Gasteiger partial charge in [-0.3, -0.25) is 4.18 Å². The maximum Gasteiger partial charge on any atom is 0.410 e. The van der Waals surface area contributed by atoms with Gasteiger partial charge in [0.2, 0.25) is 0 Å². The highest BCUT2D eigenvalue weighted by Gasteiger charge is 2.39. The minimum Gasteiger partial charge on any atom is -0.444 e. The summed E-state index contributed by atoms with van der Waals surface area (Å²) in [5.41, 5.74) is -0.602. The van der Waals surface area contributed by atoms with Crippen molar-refractivity contribution in [3.05, 3.63) is 0 Å². The lowest BCUT2D eigenvalue weighted by molar-refractivity contribution is 0.0244. The maximum atomic E-state index is 11.9. The van der Waals surface area contributed by atoms with Crippen molar-refractivity contribution in [1.29, 1.82) is 0 Å². The van der Waals surface area contributed by atoms with Crippen LogP contribution in [0.5, 0.6) is 0 Å². The van der Waals surface area contributed by atoms with E-state index in [-0.39, 0.29) is 13.1 Å². The van der Waals surface area contributed by atoms with Gasteiger partial charge < -0.3 is 14.4 Å². The third-order valence-corrected chi connectivity index (χ3v) is 3.06. The van der Waals surface area contributed by atoms with Crippen LogP contribution in [-0.4, -0.2) is 63.7 Å². The van der Waals surface area contributed by atoms with E-state index < -0.39 is 34.0 Å². The summed E-state index contributed by atoms with van der Waals surface area (Å²) < 4.78 is 37.6. The summed E-state index contributed by atoms with van der Waals surface area (Å²) >= 11 is 0. The molecule has 2 atom stereocenters. The highest BCUT2D eigenvalue weighted by Crippen LogP contribution is 2.20. The molecule has 1 amide bonds. The zero-order valence-electron chi connectivity index (χ0n) is 11.9. The number of rotatable bonds is 3. The first-order valence-corrected chi connectivity index (χ1v) is 7.72. The summed E-state index contributed by atoms with van der Waals surface area (Å²) in [6.07, 6.45) is -0.723. The van der Waals surface area contributed by atoms with Crippen molar-refractivity contribution in [2.45, 2.75) is 38.6 Å². The Morgan fingerprint density at radius 2 is 1.74 bits per heavy atom. The second-order valence-electron chi connectivity index (χ2n) is 5.50. The van der Waals surface area contributed by atoms with E-state index in [4.69, 9.17) is 13.7 Å². The molecule has 0 aromatic heterocycles. The Hall–Kier alpha value is -0.860. The number of likely N-dealkylation sites (tertiary alicyclic amines) is 1. The molecule has 7 nitrogen and oxygen atoms in total. The predicted molar refractivity (Wildman–Crippen MR) is 68.3 cm³/mol. The molecule has 19 heavy (non-hydrogen) atoms. The number of hydrogen-bond acceptors (Lipinski definition) is 6. The minimum atomic E-state index is -3.59. The largest absolute Gasteiger partial charge is 0.444 e. The fourth-order valence-corrected chi connectivity index (χ4v) is 2.40. The van der Waals surface area contributed by atoms with Crippen LogP contribution in [0.2, 0.25) is 0 Å². The van der Waals surface area contributed by atoms with E-state index in [0.29, 0.717) is 0 Å². The number of hydrogen-bond donors (Lipinski definition) is 0. The normalized spacial score (nSPS) is 24.6. The molecule has 0 radical (unpaired) electrons. The summed E-state index contributed by atoms with van der Waals surface area (Å²) in [7, 11) is -2.15. The summed E-state index contributed by atoms with van der Waals surface area (Å²) in [6, 6.07) is 0.